The lowest BCUT2D eigenvalue weighted by molar-refractivity contribution is -0.141. The number of ether oxygens (including phenoxy) is 1. The van der Waals surface area contributed by atoms with Crippen molar-refractivity contribution in [3.8, 4) is 5.75 Å². The second kappa shape index (κ2) is 14.4. The van der Waals surface area contributed by atoms with Crippen LogP contribution in [0.15, 0.2) is 89.4 Å². The summed E-state index contributed by atoms with van der Waals surface area (Å²) >= 11 is 3.47. The van der Waals surface area contributed by atoms with Gasteiger partial charge in [-0.3, -0.25) is 9.59 Å². The first-order valence-electron chi connectivity index (χ1n) is 12.5. The molecule has 3 rings (SSSR count). The zero-order chi connectivity index (χ0) is 25.8. The summed E-state index contributed by atoms with van der Waals surface area (Å²) < 4.78 is 6.75. The minimum absolute atomic E-state index is 0.0600. The topological polar surface area (TPSA) is 58.6 Å². The van der Waals surface area contributed by atoms with Crippen LogP contribution in [0.4, 0.5) is 0 Å². The SMILES string of the molecule is CC(C)CNC(=O)[C@H](Cc1ccccc1)N(Cc1ccc(Br)cc1)C(=O)CCCOc1ccccc1. The van der Waals surface area contributed by atoms with E-state index in [-0.39, 0.29) is 11.8 Å². The molecular formula is C30H35BrN2O3. The molecule has 5 nitrogen and oxygen atoms in total. The smallest absolute Gasteiger partial charge is 0.243 e. The Morgan fingerprint density at radius 2 is 1.53 bits per heavy atom. The van der Waals surface area contributed by atoms with Crippen LogP contribution in [-0.2, 0) is 22.6 Å². The van der Waals surface area contributed by atoms with E-state index in [1.54, 1.807) is 4.90 Å². The van der Waals surface area contributed by atoms with Crippen molar-refractivity contribution in [1.82, 2.24) is 10.2 Å². The lowest BCUT2D eigenvalue weighted by Gasteiger charge is -2.32. The van der Waals surface area contributed by atoms with Crippen molar-refractivity contribution in [1.29, 1.82) is 0 Å². The molecular weight excluding hydrogens is 516 g/mol. The standard InChI is InChI=1S/C30H35BrN2O3/c1-23(2)21-32-30(35)28(20-24-10-5-3-6-11-24)33(22-25-15-17-26(31)18-16-25)29(34)14-9-19-36-27-12-7-4-8-13-27/h3-8,10-13,15-18,23,28H,9,14,19-22H2,1-2H3,(H,32,35)/t28-/m0/s1. The van der Waals surface area contributed by atoms with Crippen molar-refractivity contribution >= 4 is 27.7 Å². The minimum Gasteiger partial charge on any atom is -0.494 e. The van der Waals surface area contributed by atoms with Gasteiger partial charge in [-0.05, 0) is 47.7 Å². The van der Waals surface area contributed by atoms with Gasteiger partial charge in [-0.2, -0.15) is 0 Å². The third-order valence-electron chi connectivity index (χ3n) is 5.77. The number of amides is 2. The van der Waals surface area contributed by atoms with E-state index in [0.29, 0.717) is 44.9 Å². The molecule has 0 aromatic heterocycles. The average Bonchev–Trinajstić information content (AvgIpc) is 2.89. The molecule has 1 atom stereocenters. The molecule has 3 aromatic rings. The van der Waals surface area contributed by atoms with Gasteiger partial charge in [-0.25, -0.2) is 0 Å². The maximum Gasteiger partial charge on any atom is 0.243 e. The van der Waals surface area contributed by atoms with Crippen molar-refractivity contribution in [3.63, 3.8) is 0 Å². The number of para-hydroxylation sites is 1. The Balaban J connectivity index is 1.78. The Morgan fingerprint density at radius 3 is 2.17 bits per heavy atom. The zero-order valence-electron chi connectivity index (χ0n) is 21.0. The number of rotatable bonds is 13. The average molecular weight is 552 g/mol. The summed E-state index contributed by atoms with van der Waals surface area (Å²) in [6.07, 6.45) is 1.32. The molecule has 0 fully saturated rings. The van der Waals surface area contributed by atoms with E-state index < -0.39 is 6.04 Å². The Bertz CT molecular complexity index is 1070. The van der Waals surface area contributed by atoms with Gasteiger partial charge in [0.2, 0.25) is 11.8 Å². The molecule has 0 radical (unpaired) electrons. The van der Waals surface area contributed by atoms with Gasteiger partial charge in [0.15, 0.2) is 0 Å². The highest BCUT2D eigenvalue weighted by Crippen LogP contribution is 2.18. The molecule has 0 saturated heterocycles. The Kier molecular flexibility index (Phi) is 11.0. The summed E-state index contributed by atoms with van der Waals surface area (Å²) in [5.41, 5.74) is 1.99. The predicted molar refractivity (Wildman–Crippen MR) is 148 cm³/mol. The van der Waals surface area contributed by atoms with Gasteiger partial charge in [-0.15, -0.1) is 0 Å². The van der Waals surface area contributed by atoms with Crippen LogP contribution in [0.25, 0.3) is 0 Å². The minimum atomic E-state index is -0.614. The molecule has 2 amide bonds. The van der Waals surface area contributed by atoms with Crippen molar-refractivity contribution in [2.24, 2.45) is 5.92 Å². The van der Waals surface area contributed by atoms with Gasteiger partial charge < -0.3 is 15.0 Å². The molecule has 0 heterocycles. The first kappa shape index (κ1) is 27.5. The van der Waals surface area contributed by atoms with Crippen molar-refractivity contribution in [2.45, 2.75) is 45.7 Å². The van der Waals surface area contributed by atoms with Crippen LogP contribution < -0.4 is 10.1 Å². The van der Waals surface area contributed by atoms with E-state index >= 15 is 0 Å². The first-order valence-corrected chi connectivity index (χ1v) is 13.2. The van der Waals surface area contributed by atoms with E-state index in [2.05, 4.69) is 35.1 Å². The van der Waals surface area contributed by atoms with Crippen molar-refractivity contribution in [2.75, 3.05) is 13.2 Å². The monoisotopic (exact) mass is 550 g/mol. The third kappa shape index (κ3) is 9.15. The van der Waals surface area contributed by atoms with Crippen molar-refractivity contribution < 1.29 is 14.3 Å². The maximum atomic E-state index is 13.6. The summed E-state index contributed by atoms with van der Waals surface area (Å²) in [4.78, 5) is 28.7. The van der Waals surface area contributed by atoms with Crippen LogP contribution in [0, 0.1) is 5.92 Å². The van der Waals surface area contributed by atoms with Crippen LogP contribution in [0.5, 0.6) is 5.75 Å². The zero-order valence-corrected chi connectivity index (χ0v) is 22.6. The van der Waals surface area contributed by atoms with Gasteiger partial charge in [0.25, 0.3) is 0 Å². The number of hydrogen-bond donors (Lipinski definition) is 1. The third-order valence-corrected chi connectivity index (χ3v) is 6.30. The number of nitrogens with one attached hydrogen (secondary N) is 1. The summed E-state index contributed by atoms with van der Waals surface area (Å²) in [7, 11) is 0. The molecule has 6 heteroatoms. The normalized spacial score (nSPS) is 11.7. The molecule has 3 aromatic carbocycles. The summed E-state index contributed by atoms with van der Waals surface area (Å²) in [6.45, 7) is 5.48. The van der Waals surface area contributed by atoms with Crippen LogP contribution in [0.1, 0.15) is 37.8 Å². The lowest BCUT2D eigenvalue weighted by Crippen LogP contribution is -2.51. The second-order valence-corrected chi connectivity index (χ2v) is 10.2. The lowest BCUT2D eigenvalue weighted by atomic mass is 10.0. The molecule has 1 N–H and O–H groups in total. The Morgan fingerprint density at radius 1 is 0.889 bits per heavy atom. The van der Waals surface area contributed by atoms with Gasteiger partial charge in [0.05, 0.1) is 6.61 Å². The number of carbonyl (C=O) groups excluding carboxylic acids is 2. The number of benzene rings is 3. The summed E-state index contributed by atoms with van der Waals surface area (Å²) in [5, 5.41) is 3.06. The van der Waals surface area contributed by atoms with E-state index in [1.807, 2.05) is 84.9 Å². The van der Waals surface area contributed by atoms with Gasteiger partial charge >= 0.3 is 0 Å². The molecule has 190 valence electrons. The van der Waals surface area contributed by atoms with E-state index in [9.17, 15) is 9.59 Å². The molecule has 0 bridgehead atoms. The predicted octanol–water partition coefficient (Wildman–Crippen LogP) is 6.02. The fourth-order valence-corrected chi connectivity index (χ4v) is 4.10. The van der Waals surface area contributed by atoms with E-state index in [4.69, 9.17) is 4.74 Å². The molecule has 0 saturated carbocycles. The fourth-order valence-electron chi connectivity index (χ4n) is 3.84. The van der Waals surface area contributed by atoms with Crippen molar-refractivity contribution in [3.05, 3.63) is 101 Å². The highest BCUT2D eigenvalue weighted by atomic mass is 79.9. The molecule has 0 aliphatic rings. The highest BCUT2D eigenvalue weighted by molar-refractivity contribution is 9.10. The van der Waals surface area contributed by atoms with Crippen LogP contribution >= 0.6 is 15.9 Å². The Labute approximate surface area is 223 Å². The highest BCUT2D eigenvalue weighted by Gasteiger charge is 2.30. The Hall–Kier alpha value is -3.12. The van der Waals surface area contributed by atoms with E-state index in [0.717, 1.165) is 21.3 Å². The van der Waals surface area contributed by atoms with Gasteiger partial charge in [0.1, 0.15) is 11.8 Å². The molecule has 0 aliphatic heterocycles. The van der Waals surface area contributed by atoms with Gasteiger partial charge in [-0.1, -0.05) is 90.4 Å². The quantitative estimate of drug-likeness (QED) is 0.265. The number of carbonyl (C=O) groups is 2. The molecule has 36 heavy (non-hydrogen) atoms. The number of halogens is 1. The first-order chi connectivity index (χ1) is 17.4. The van der Waals surface area contributed by atoms with E-state index in [1.165, 1.54) is 0 Å². The molecule has 0 aliphatic carbocycles. The molecule has 0 unspecified atom stereocenters. The maximum absolute atomic E-state index is 13.6. The van der Waals surface area contributed by atoms with Gasteiger partial charge in [0, 0.05) is 30.4 Å². The summed E-state index contributed by atoms with van der Waals surface area (Å²) in [6, 6.07) is 26.7. The van der Waals surface area contributed by atoms with Crippen LogP contribution in [0.3, 0.4) is 0 Å². The number of nitrogens with zero attached hydrogens (tertiary/aromatic N) is 1. The summed E-state index contributed by atoms with van der Waals surface area (Å²) in [5.74, 6) is 0.914. The largest absolute Gasteiger partial charge is 0.494 e. The fraction of sp³-hybridized carbons (Fsp3) is 0.333. The van der Waals surface area contributed by atoms with Crippen LogP contribution in [-0.4, -0.2) is 35.9 Å². The second-order valence-electron chi connectivity index (χ2n) is 9.26. The number of hydrogen-bond acceptors (Lipinski definition) is 3. The van der Waals surface area contributed by atoms with Crippen LogP contribution in [0.2, 0.25) is 0 Å². The molecule has 0 spiro atoms.